The van der Waals surface area contributed by atoms with Crippen molar-refractivity contribution in [3.8, 4) is 11.1 Å². The number of alkyl carbamates (subject to hydrolysis) is 1. The molecule has 0 radical (unpaired) electrons. The third-order valence-corrected chi connectivity index (χ3v) is 6.28. The minimum Gasteiger partial charge on any atom is -0.481 e. The summed E-state index contributed by atoms with van der Waals surface area (Å²) >= 11 is 0. The number of aliphatic carboxylic acids is 1. The molecule has 1 unspecified atom stereocenters. The number of benzene rings is 2. The Labute approximate surface area is 203 Å². The minimum atomic E-state index is -1.10. The fourth-order valence-electron chi connectivity index (χ4n) is 4.49. The number of carbonyl (C=O) groups excluding carboxylic acids is 2. The number of hydrogen-bond donors (Lipinski definition) is 3. The van der Waals surface area contributed by atoms with Gasteiger partial charge in [-0.3, -0.25) is 14.3 Å². The number of fused-ring (bicyclic) bond motifs is 3. The van der Waals surface area contributed by atoms with Gasteiger partial charge in [0.15, 0.2) is 6.04 Å². The van der Waals surface area contributed by atoms with Crippen LogP contribution in [0.1, 0.15) is 48.5 Å². The number of carboxylic acid groups (broad SMARTS) is 1. The molecule has 0 aliphatic heterocycles. The zero-order chi connectivity index (χ0) is 24.9. The molecule has 182 valence electrons. The predicted molar refractivity (Wildman–Crippen MR) is 129 cm³/mol. The second kappa shape index (κ2) is 10.4. The van der Waals surface area contributed by atoms with Crippen LogP contribution < -0.4 is 10.6 Å². The van der Waals surface area contributed by atoms with E-state index in [1.165, 1.54) is 10.9 Å². The van der Waals surface area contributed by atoms with Crippen molar-refractivity contribution in [2.75, 3.05) is 6.61 Å². The molecule has 0 saturated heterocycles. The molecule has 1 aromatic heterocycles. The lowest BCUT2D eigenvalue weighted by molar-refractivity contribution is -0.137. The molecule has 2 atom stereocenters. The fourth-order valence-corrected chi connectivity index (χ4v) is 4.49. The third kappa shape index (κ3) is 5.18. The van der Waals surface area contributed by atoms with Crippen molar-refractivity contribution in [2.24, 2.45) is 7.05 Å². The smallest absolute Gasteiger partial charge is 0.408 e. The van der Waals surface area contributed by atoms with Crippen molar-refractivity contribution in [2.45, 2.75) is 37.8 Å². The lowest BCUT2D eigenvalue weighted by atomic mass is 9.98. The minimum absolute atomic E-state index is 0.107. The zero-order valence-electron chi connectivity index (χ0n) is 19.6. The van der Waals surface area contributed by atoms with E-state index in [2.05, 4.69) is 27.9 Å². The summed E-state index contributed by atoms with van der Waals surface area (Å²) in [6.07, 6.45) is 0.982. The molecule has 35 heavy (non-hydrogen) atoms. The maximum absolute atomic E-state index is 13.1. The highest BCUT2D eigenvalue weighted by molar-refractivity contribution is 5.87. The maximum Gasteiger partial charge on any atom is 0.408 e. The van der Waals surface area contributed by atoms with E-state index in [4.69, 9.17) is 9.84 Å². The van der Waals surface area contributed by atoms with E-state index in [-0.39, 0.29) is 18.9 Å². The van der Waals surface area contributed by atoms with E-state index in [0.29, 0.717) is 12.1 Å². The number of aromatic nitrogens is 2. The number of ether oxygens (including phenoxy) is 1. The highest BCUT2D eigenvalue weighted by Crippen LogP contribution is 2.44. The van der Waals surface area contributed by atoms with Crippen LogP contribution in [0.5, 0.6) is 0 Å². The summed E-state index contributed by atoms with van der Waals surface area (Å²) in [4.78, 5) is 37.0. The topological polar surface area (TPSA) is 123 Å². The van der Waals surface area contributed by atoms with Crippen LogP contribution in [0.25, 0.3) is 11.1 Å². The molecular formula is C26H28N4O5. The number of hydrogen-bond acceptors (Lipinski definition) is 5. The second-order valence-electron chi connectivity index (χ2n) is 8.49. The summed E-state index contributed by atoms with van der Waals surface area (Å²) in [6, 6.07) is 16.0. The van der Waals surface area contributed by atoms with Crippen molar-refractivity contribution >= 4 is 18.0 Å². The summed E-state index contributed by atoms with van der Waals surface area (Å²) in [5.41, 5.74) is 4.85. The summed E-state index contributed by atoms with van der Waals surface area (Å²) in [5.74, 6) is -1.66. The van der Waals surface area contributed by atoms with Crippen molar-refractivity contribution in [3.63, 3.8) is 0 Å². The van der Waals surface area contributed by atoms with Gasteiger partial charge in [-0.15, -0.1) is 0 Å². The molecule has 1 heterocycles. The van der Waals surface area contributed by atoms with Crippen LogP contribution in [0, 0.1) is 0 Å². The molecule has 4 rings (SSSR count). The third-order valence-electron chi connectivity index (χ3n) is 6.28. The lowest BCUT2D eigenvalue weighted by Gasteiger charge is -2.22. The Kier molecular flexibility index (Phi) is 7.14. The first-order valence-electron chi connectivity index (χ1n) is 11.5. The average Bonchev–Trinajstić information content (AvgIpc) is 3.41. The van der Waals surface area contributed by atoms with Crippen molar-refractivity contribution < 1.29 is 24.2 Å². The van der Waals surface area contributed by atoms with E-state index >= 15 is 0 Å². The maximum atomic E-state index is 13.1. The molecule has 9 nitrogen and oxygen atoms in total. The Balaban J connectivity index is 1.48. The normalized spacial score (nSPS) is 13.9. The number of carbonyl (C=O) groups is 3. The number of nitrogens with one attached hydrogen (secondary N) is 2. The summed E-state index contributed by atoms with van der Waals surface area (Å²) in [6.45, 7) is 1.89. The largest absolute Gasteiger partial charge is 0.481 e. The van der Waals surface area contributed by atoms with Crippen molar-refractivity contribution in [3.05, 3.63) is 77.6 Å². The molecule has 2 amide bonds. The van der Waals surface area contributed by atoms with Gasteiger partial charge in [0, 0.05) is 25.2 Å². The van der Waals surface area contributed by atoms with Crippen LogP contribution in [0.3, 0.4) is 0 Å². The van der Waals surface area contributed by atoms with Gasteiger partial charge in [0.05, 0.1) is 12.1 Å². The van der Waals surface area contributed by atoms with Gasteiger partial charge in [0.1, 0.15) is 6.61 Å². The molecule has 3 N–H and O–H groups in total. The lowest BCUT2D eigenvalue weighted by Crippen LogP contribution is -2.45. The Hall–Kier alpha value is -4.14. The van der Waals surface area contributed by atoms with Crippen molar-refractivity contribution in [1.29, 1.82) is 0 Å². The summed E-state index contributed by atoms with van der Waals surface area (Å²) in [7, 11) is 1.66. The van der Waals surface area contributed by atoms with Gasteiger partial charge in [-0.25, -0.2) is 4.79 Å². The first kappa shape index (κ1) is 24.0. The van der Waals surface area contributed by atoms with Crippen LogP contribution in [0.15, 0.2) is 60.8 Å². The molecule has 0 bridgehead atoms. The van der Waals surface area contributed by atoms with Crippen LogP contribution in [0.4, 0.5) is 4.79 Å². The molecule has 2 aromatic carbocycles. The highest BCUT2D eigenvalue weighted by atomic mass is 16.5. The Morgan fingerprint density at radius 1 is 1.03 bits per heavy atom. The molecule has 3 aromatic rings. The van der Waals surface area contributed by atoms with Gasteiger partial charge in [-0.2, -0.15) is 5.10 Å². The first-order chi connectivity index (χ1) is 16.9. The quantitative estimate of drug-likeness (QED) is 0.435. The van der Waals surface area contributed by atoms with E-state index in [9.17, 15) is 14.4 Å². The first-order valence-corrected chi connectivity index (χ1v) is 11.5. The van der Waals surface area contributed by atoms with Gasteiger partial charge in [-0.1, -0.05) is 55.5 Å². The fraction of sp³-hybridized carbons (Fsp3) is 0.308. The van der Waals surface area contributed by atoms with Crippen LogP contribution in [-0.2, 0) is 21.4 Å². The SMILES string of the molecule is CC[C@@H](CC(=O)O)NC(=O)C(NC(=O)OCC1c2ccccc2-c2ccccc21)c1ccnn1C. The Morgan fingerprint density at radius 2 is 1.66 bits per heavy atom. The Bertz CT molecular complexity index is 1190. The summed E-state index contributed by atoms with van der Waals surface area (Å²) < 4.78 is 7.08. The van der Waals surface area contributed by atoms with Gasteiger partial charge >= 0.3 is 12.1 Å². The molecule has 9 heteroatoms. The van der Waals surface area contributed by atoms with Gasteiger partial charge in [0.25, 0.3) is 0 Å². The number of nitrogens with zero attached hydrogens (tertiary/aromatic N) is 2. The van der Waals surface area contributed by atoms with Crippen molar-refractivity contribution in [1.82, 2.24) is 20.4 Å². The second-order valence-corrected chi connectivity index (χ2v) is 8.49. The number of carboxylic acids is 1. The van der Waals surface area contributed by atoms with E-state index in [0.717, 1.165) is 22.3 Å². The molecule has 1 aliphatic carbocycles. The summed E-state index contributed by atoms with van der Waals surface area (Å²) in [5, 5.41) is 18.5. The number of amides is 2. The van der Waals surface area contributed by atoms with Gasteiger partial charge in [0.2, 0.25) is 5.91 Å². The predicted octanol–water partition coefficient (Wildman–Crippen LogP) is 3.37. The molecular weight excluding hydrogens is 448 g/mol. The molecule has 1 aliphatic rings. The molecule has 0 saturated carbocycles. The molecule has 0 spiro atoms. The number of aryl methyl sites for hydroxylation is 1. The zero-order valence-corrected chi connectivity index (χ0v) is 19.6. The van der Waals surface area contributed by atoms with Crippen LogP contribution in [-0.4, -0.2) is 45.5 Å². The monoisotopic (exact) mass is 476 g/mol. The van der Waals surface area contributed by atoms with Gasteiger partial charge in [-0.05, 0) is 34.7 Å². The van der Waals surface area contributed by atoms with Gasteiger partial charge < -0.3 is 20.5 Å². The highest BCUT2D eigenvalue weighted by Gasteiger charge is 2.31. The average molecular weight is 477 g/mol. The van der Waals surface area contributed by atoms with E-state index in [1.54, 1.807) is 20.0 Å². The van der Waals surface area contributed by atoms with E-state index in [1.807, 2.05) is 36.4 Å². The van der Waals surface area contributed by atoms with Crippen LogP contribution >= 0.6 is 0 Å². The van der Waals surface area contributed by atoms with E-state index < -0.39 is 30.1 Å². The number of rotatable bonds is 9. The van der Waals surface area contributed by atoms with Crippen LogP contribution in [0.2, 0.25) is 0 Å². The molecule has 0 fully saturated rings. The standard InChI is InChI=1S/C26H28N4O5/c1-3-16(14-23(31)32)28-25(33)24(22-12-13-27-30(22)2)29-26(34)35-15-21-19-10-6-4-8-17(19)18-9-5-7-11-20(18)21/h4-13,16,21,24H,3,14-15H2,1-2H3,(H,28,33)(H,29,34)(H,31,32)/t16-,24?/m0/s1. The Morgan fingerprint density at radius 3 is 2.20 bits per heavy atom.